The number of carbonyl (C=O) groups is 2. The van der Waals surface area contributed by atoms with Crippen LogP contribution in [-0.2, 0) is 9.59 Å². The van der Waals surface area contributed by atoms with Gasteiger partial charge in [0.15, 0.2) is 18.1 Å². The minimum atomic E-state index is -0.901. The van der Waals surface area contributed by atoms with Crippen molar-refractivity contribution < 1.29 is 24.2 Å². The van der Waals surface area contributed by atoms with E-state index in [1.807, 2.05) is 6.07 Å². The molecule has 0 aromatic heterocycles. The van der Waals surface area contributed by atoms with Gasteiger partial charge < -0.3 is 19.5 Å². The molecule has 0 spiro atoms. The first kappa shape index (κ1) is 16.6. The molecular formula is C16H18N2O5. The Labute approximate surface area is 134 Å². The van der Waals surface area contributed by atoms with Gasteiger partial charge in [0.25, 0.3) is 5.91 Å². The summed E-state index contributed by atoms with van der Waals surface area (Å²) in [5, 5.41) is 18.0. The summed E-state index contributed by atoms with van der Waals surface area (Å²) >= 11 is 0. The molecule has 1 unspecified atom stereocenters. The highest BCUT2D eigenvalue weighted by Crippen LogP contribution is 2.31. The molecule has 7 heteroatoms. The van der Waals surface area contributed by atoms with Crippen LogP contribution < -0.4 is 9.47 Å². The number of nitriles is 1. The molecule has 1 aliphatic rings. The molecule has 1 saturated heterocycles. The number of carboxylic acids is 1. The third-order valence-electron chi connectivity index (χ3n) is 3.99. The molecule has 1 fully saturated rings. The Morgan fingerprint density at radius 2 is 2.17 bits per heavy atom. The third kappa shape index (κ3) is 3.54. The van der Waals surface area contributed by atoms with Crippen LogP contribution in [0.3, 0.4) is 0 Å². The van der Waals surface area contributed by atoms with Crippen molar-refractivity contribution in [2.75, 3.05) is 26.8 Å². The molecule has 0 bridgehead atoms. The van der Waals surface area contributed by atoms with E-state index in [1.54, 1.807) is 19.1 Å². The van der Waals surface area contributed by atoms with Gasteiger partial charge in [-0.25, -0.2) is 0 Å². The van der Waals surface area contributed by atoms with Crippen LogP contribution in [0.4, 0.5) is 0 Å². The van der Waals surface area contributed by atoms with E-state index in [-0.39, 0.29) is 19.1 Å². The molecule has 0 saturated carbocycles. The van der Waals surface area contributed by atoms with Gasteiger partial charge in [-0.1, -0.05) is 0 Å². The van der Waals surface area contributed by atoms with Crippen molar-refractivity contribution in [1.29, 1.82) is 5.26 Å². The second-order valence-electron chi connectivity index (χ2n) is 5.70. The van der Waals surface area contributed by atoms with Gasteiger partial charge in [0.05, 0.1) is 24.2 Å². The van der Waals surface area contributed by atoms with Gasteiger partial charge in [-0.05, 0) is 25.5 Å². The van der Waals surface area contributed by atoms with Crippen LogP contribution >= 0.6 is 0 Å². The van der Waals surface area contributed by atoms with Crippen LogP contribution in [0.5, 0.6) is 11.5 Å². The topological polar surface area (TPSA) is 99.9 Å². The third-order valence-corrected chi connectivity index (χ3v) is 3.99. The summed E-state index contributed by atoms with van der Waals surface area (Å²) in [6, 6.07) is 6.65. The van der Waals surface area contributed by atoms with Gasteiger partial charge in [0, 0.05) is 19.2 Å². The summed E-state index contributed by atoms with van der Waals surface area (Å²) < 4.78 is 10.6. The van der Waals surface area contributed by atoms with E-state index in [1.165, 1.54) is 18.1 Å². The number of rotatable bonds is 5. The summed E-state index contributed by atoms with van der Waals surface area (Å²) in [4.78, 5) is 24.9. The highest BCUT2D eigenvalue weighted by Gasteiger charge is 2.42. The first-order valence-electron chi connectivity index (χ1n) is 7.12. The first-order valence-corrected chi connectivity index (χ1v) is 7.12. The monoisotopic (exact) mass is 318 g/mol. The number of hydrogen-bond acceptors (Lipinski definition) is 5. The summed E-state index contributed by atoms with van der Waals surface area (Å²) in [5.41, 5.74) is -0.473. The van der Waals surface area contributed by atoms with Crippen molar-refractivity contribution in [1.82, 2.24) is 4.90 Å². The Bertz CT molecular complexity index is 667. The number of carbonyl (C=O) groups excluding carboxylic acids is 1. The van der Waals surface area contributed by atoms with E-state index >= 15 is 0 Å². The van der Waals surface area contributed by atoms with E-state index in [2.05, 4.69) is 0 Å². The highest BCUT2D eigenvalue weighted by atomic mass is 16.5. The fourth-order valence-corrected chi connectivity index (χ4v) is 2.44. The SMILES string of the molecule is COc1cc(C#N)ccc1OCC(=O)N1CCC(C)(C(=O)O)C1. The van der Waals surface area contributed by atoms with Crippen molar-refractivity contribution in [3.8, 4) is 17.6 Å². The van der Waals surface area contributed by atoms with Crippen LogP contribution in [0.25, 0.3) is 0 Å². The maximum Gasteiger partial charge on any atom is 0.311 e. The number of carboxylic acid groups (broad SMARTS) is 1. The zero-order chi connectivity index (χ0) is 17.0. The number of amides is 1. The lowest BCUT2D eigenvalue weighted by molar-refractivity contribution is -0.147. The number of benzene rings is 1. The normalized spacial score (nSPS) is 20.0. The number of likely N-dealkylation sites (tertiary alicyclic amines) is 1. The lowest BCUT2D eigenvalue weighted by Crippen LogP contribution is -2.37. The van der Waals surface area contributed by atoms with Gasteiger partial charge in [-0.3, -0.25) is 9.59 Å². The average Bonchev–Trinajstić information content (AvgIpc) is 2.96. The minimum Gasteiger partial charge on any atom is -0.493 e. The standard InChI is InChI=1S/C16H18N2O5/c1-16(15(20)21)5-6-18(10-16)14(19)9-23-12-4-3-11(8-17)7-13(12)22-2/h3-4,7H,5-6,9-10H2,1-2H3,(H,20,21). The molecule has 0 radical (unpaired) electrons. The molecule has 2 rings (SSSR count). The molecule has 0 aliphatic carbocycles. The number of aliphatic carboxylic acids is 1. The molecule has 1 aromatic carbocycles. The van der Waals surface area contributed by atoms with Crippen molar-refractivity contribution in [2.24, 2.45) is 5.41 Å². The van der Waals surface area contributed by atoms with Crippen LogP contribution in [0.1, 0.15) is 18.9 Å². The number of methoxy groups -OCH3 is 1. The van der Waals surface area contributed by atoms with E-state index in [0.29, 0.717) is 30.0 Å². The van der Waals surface area contributed by atoms with Gasteiger partial charge >= 0.3 is 5.97 Å². The molecule has 1 amide bonds. The Kier molecular flexibility index (Phi) is 4.74. The molecule has 122 valence electrons. The minimum absolute atomic E-state index is 0.176. The Morgan fingerprint density at radius 1 is 1.43 bits per heavy atom. The molecule has 1 aromatic rings. The average molecular weight is 318 g/mol. The van der Waals surface area contributed by atoms with Gasteiger partial charge in [0.1, 0.15) is 0 Å². The quantitative estimate of drug-likeness (QED) is 0.877. The Morgan fingerprint density at radius 3 is 2.74 bits per heavy atom. The van der Waals surface area contributed by atoms with Crippen LogP contribution in [0.2, 0.25) is 0 Å². The Hall–Kier alpha value is -2.75. The summed E-state index contributed by atoms with van der Waals surface area (Å²) in [7, 11) is 1.45. The fraction of sp³-hybridized carbons (Fsp3) is 0.438. The van der Waals surface area contributed by atoms with E-state index in [4.69, 9.17) is 14.7 Å². The number of hydrogen-bond donors (Lipinski definition) is 1. The lowest BCUT2D eigenvalue weighted by atomic mass is 9.90. The second-order valence-corrected chi connectivity index (χ2v) is 5.70. The Balaban J connectivity index is 1.98. The van der Waals surface area contributed by atoms with Crippen LogP contribution in [0.15, 0.2) is 18.2 Å². The number of nitrogens with zero attached hydrogens (tertiary/aromatic N) is 2. The zero-order valence-electron chi connectivity index (χ0n) is 13.0. The van der Waals surface area contributed by atoms with Crippen molar-refractivity contribution in [3.63, 3.8) is 0 Å². The first-order chi connectivity index (χ1) is 10.9. The lowest BCUT2D eigenvalue weighted by Gasteiger charge is -2.20. The van der Waals surface area contributed by atoms with E-state index in [0.717, 1.165) is 0 Å². The maximum absolute atomic E-state index is 12.2. The molecule has 1 N–H and O–H groups in total. The zero-order valence-corrected chi connectivity index (χ0v) is 13.0. The summed E-state index contributed by atoms with van der Waals surface area (Å²) in [6.45, 7) is 2.00. The largest absolute Gasteiger partial charge is 0.493 e. The molecular weight excluding hydrogens is 300 g/mol. The second kappa shape index (κ2) is 6.57. The molecule has 7 nitrogen and oxygen atoms in total. The smallest absolute Gasteiger partial charge is 0.311 e. The fourth-order valence-electron chi connectivity index (χ4n) is 2.44. The predicted octanol–water partition coefficient (Wildman–Crippen LogP) is 1.27. The van der Waals surface area contributed by atoms with E-state index < -0.39 is 11.4 Å². The van der Waals surface area contributed by atoms with Crippen molar-refractivity contribution in [3.05, 3.63) is 23.8 Å². The molecule has 1 aliphatic heterocycles. The predicted molar refractivity (Wildman–Crippen MR) is 80.1 cm³/mol. The van der Waals surface area contributed by atoms with E-state index in [9.17, 15) is 14.7 Å². The molecule has 1 atom stereocenters. The number of ether oxygens (including phenoxy) is 2. The maximum atomic E-state index is 12.2. The molecule has 23 heavy (non-hydrogen) atoms. The van der Waals surface area contributed by atoms with Crippen LogP contribution in [-0.4, -0.2) is 48.7 Å². The highest BCUT2D eigenvalue weighted by molar-refractivity contribution is 5.81. The van der Waals surface area contributed by atoms with Gasteiger partial charge in [-0.15, -0.1) is 0 Å². The van der Waals surface area contributed by atoms with Gasteiger partial charge in [0.2, 0.25) is 0 Å². The van der Waals surface area contributed by atoms with Crippen LogP contribution in [0, 0.1) is 16.7 Å². The van der Waals surface area contributed by atoms with Gasteiger partial charge in [-0.2, -0.15) is 5.26 Å². The van der Waals surface area contributed by atoms with Crippen molar-refractivity contribution >= 4 is 11.9 Å². The van der Waals surface area contributed by atoms with Crippen molar-refractivity contribution in [2.45, 2.75) is 13.3 Å². The summed E-state index contributed by atoms with van der Waals surface area (Å²) in [5.74, 6) is -0.447. The molecule has 1 heterocycles. The summed E-state index contributed by atoms with van der Waals surface area (Å²) in [6.07, 6.45) is 0.425.